The molecule has 2 aromatic heterocycles. The topological polar surface area (TPSA) is 103 Å². The molecule has 0 aliphatic carbocycles. The zero-order valence-corrected chi connectivity index (χ0v) is 14.4. The van der Waals surface area contributed by atoms with Crippen LogP contribution in [0.1, 0.15) is 5.82 Å². The van der Waals surface area contributed by atoms with E-state index >= 15 is 0 Å². The molecule has 2 amide bonds. The Labute approximate surface area is 144 Å². The third-order valence-electron chi connectivity index (χ3n) is 3.82. The summed E-state index contributed by atoms with van der Waals surface area (Å²) in [5.74, 6) is 0.694. The molecular weight excluding hydrogens is 324 g/mol. The molecule has 10 heteroatoms. The van der Waals surface area contributed by atoms with Crippen molar-refractivity contribution in [2.45, 2.75) is 13.1 Å². The van der Waals surface area contributed by atoms with Crippen LogP contribution in [0.4, 0.5) is 10.5 Å². The third kappa shape index (κ3) is 3.74. The fourth-order valence-electron chi connectivity index (χ4n) is 2.40. The van der Waals surface area contributed by atoms with E-state index in [1.165, 1.54) is 4.90 Å². The van der Waals surface area contributed by atoms with Crippen molar-refractivity contribution in [1.82, 2.24) is 34.7 Å². The summed E-state index contributed by atoms with van der Waals surface area (Å²) in [7, 11) is 5.16. The van der Waals surface area contributed by atoms with Crippen molar-refractivity contribution in [3.05, 3.63) is 30.4 Å². The lowest BCUT2D eigenvalue weighted by Gasteiger charge is -2.18. The Morgan fingerprint density at radius 3 is 3.00 bits per heavy atom. The number of rotatable bonds is 6. The van der Waals surface area contributed by atoms with E-state index in [-0.39, 0.29) is 6.03 Å². The van der Waals surface area contributed by atoms with Crippen LogP contribution in [-0.2, 0) is 24.9 Å². The number of hydrogen-bond donors (Lipinski definition) is 1. The average molecular weight is 344 g/mol. The predicted octanol–water partition coefficient (Wildman–Crippen LogP) is 0.870. The van der Waals surface area contributed by atoms with Crippen LogP contribution in [0.15, 0.2) is 24.5 Å². The Kier molecular flexibility index (Phi) is 4.89. The predicted molar refractivity (Wildman–Crippen MR) is 90.9 cm³/mol. The second-order valence-corrected chi connectivity index (χ2v) is 5.64. The number of anilines is 1. The molecule has 0 aliphatic heterocycles. The molecule has 0 spiro atoms. The summed E-state index contributed by atoms with van der Waals surface area (Å²) >= 11 is 0. The molecule has 1 aromatic carbocycles. The lowest BCUT2D eigenvalue weighted by molar-refractivity contribution is 0.184. The second-order valence-electron chi connectivity index (χ2n) is 5.64. The van der Waals surface area contributed by atoms with Gasteiger partial charge in [0.15, 0.2) is 5.82 Å². The first-order chi connectivity index (χ1) is 12.1. The molecule has 0 atom stereocenters. The van der Waals surface area contributed by atoms with Crippen molar-refractivity contribution in [3.63, 3.8) is 0 Å². The number of nitrogens with one attached hydrogen (secondary N) is 1. The summed E-state index contributed by atoms with van der Waals surface area (Å²) in [5, 5.41) is 18.8. The Morgan fingerprint density at radius 2 is 2.20 bits per heavy atom. The first-order valence-corrected chi connectivity index (χ1v) is 7.75. The molecule has 132 valence electrons. The van der Waals surface area contributed by atoms with Crippen LogP contribution in [0.3, 0.4) is 0 Å². The summed E-state index contributed by atoms with van der Waals surface area (Å²) in [5.41, 5.74) is 2.28. The first kappa shape index (κ1) is 16.8. The normalized spacial score (nSPS) is 11.0. The number of aryl methyl sites for hydroxylation is 1. The minimum absolute atomic E-state index is 0.246. The van der Waals surface area contributed by atoms with Crippen LogP contribution in [0, 0.1) is 0 Å². The zero-order valence-electron chi connectivity index (χ0n) is 14.4. The van der Waals surface area contributed by atoms with Gasteiger partial charge in [0.1, 0.15) is 11.8 Å². The maximum Gasteiger partial charge on any atom is 0.321 e. The van der Waals surface area contributed by atoms with Gasteiger partial charge in [0.25, 0.3) is 0 Å². The van der Waals surface area contributed by atoms with Crippen molar-refractivity contribution in [3.8, 4) is 0 Å². The zero-order chi connectivity index (χ0) is 17.8. The highest BCUT2D eigenvalue weighted by Crippen LogP contribution is 2.16. The minimum atomic E-state index is -0.246. The summed E-state index contributed by atoms with van der Waals surface area (Å²) < 4.78 is 8.60. The molecule has 0 aliphatic rings. The second kappa shape index (κ2) is 7.26. The van der Waals surface area contributed by atoms with Gasteiger partial charge in [-0.1, -0.05) is 5.21 Å². The number of amides is 2. The van der Waals surface area contributed by atoms with Gasteiger partial charge in [0.05, 0.1) is 18.7 Å². The molecule has 25 heavy (non-hydrogen) atoms. The highest BCUT2D eigenvalue weighted by atomic mass is 16.5. The molecule has 0 bridgehead atoms. The Balaban J connectivity index is 1.64. The van der Waals surface area contributed by atoms with E-state index < -0.39 is 0 Å². The SMILES string of the molecule is COCCn1cnnc1CN(C)C(=O)Nc1ccc2c(c1)nnn2C. The molecule has 0 fully saturated rings. The highest BCUT2D eigenvalue weighted by Gasteiger charge is 2.14. The summed E-state index contributed by atoms with van der Waals surface area (Å²) in [6.07, 6.45) is 1.63. The van der Waals surface area contributed by atoms with Crippen LogP contribution in [0.5, 0.6) is 0 Å². The number of nitrogens with zero attached hydrogens (tertiary/aromatic N) is 7. The van der Waals surface area contributed by atoms with Crippen LogP contribution in [0.2, 0.25) is 0 Å². The van der Waals surface area contributed by atoms with Gasteiger partial charge in [-0.3, -0.25) is 0 Å². The van der Waals surface area contributed by atoms with Gasteiger partial charge < -0.3 is 19.5 Å². The number of fused-ring (bicyclic) bond motifs is 1. The van der Waals surface area contributed by atoms with Gasteiger partial charge >= 0.3 is 6.03 Å². The number of methoxy groups -OCH3 is 1. The number of carbonyl (C=O) groups excluding carboxylic acids is 1. The summed E-state index contributed by atoms with van der Waals surface area (Å²) in [4.78, 5) is 13.9. The lowest BCUT2D eigenvalue weighted by Crippen LogP contribution is -2.32. The van der Waals surface area contributed by atoms with Gasteiger partial charge in [-0.15, -0.1) is 15.3 Å². The molecule has 3 aromatic rings. The molecule has 0 saturated carbocycles. The molecular formula is C15H20N8O2. The largest absolute Gasteiger partial charge is 0.383 e. The van der Waals surface area contributed by atoms with E-state index in [2.05, 4.69) is 25.8 Å². The van der Waals surface area contributed by atoms with Crippen LogP contribution in [-0.4, -0.2) is 61.5 Å². The van der Waals surface area contributed by atoms with Crippen LogP contribution in [0.25, 0.3) is 11.0 Å². The Morgan fingerprint density at radius 1 is 1.36 bits per heavy atom. The minimum Gasteiger partial charge on any atom is -0.383 e. The van der Waals surface area contributed by atoms with Gasteiger partial charge in [-0.25, -0.2) is 9.48 Å². The monoisotopic (exact) mass is 344 g/mol. The number of carbonyl (C=O) groups is 1. The summed E-state index contributed by atoms with van der Waals surface area (Å²) in [6.45, 7) is 1.53. The van der Waals surface area contributed by atoms with Gasteiger partial charge in [-0.05, 0) is 18.2 Å². The first-order valence-electron chi connectivity index (χ1n) is 7.75. The number of benzene rings is 1. The summed E-state index contributed by atoms with van der Waals surface area (Å²) in [6, 6.07) is 5.23. The molecule has 2 heterocycles. The number of urea groups is 1. The Bertz CT molecular complexity index is 871. The molecule has 0 unspecified atom stereocenters. The van der Waals surface area contributed by atoms with Crippen molar-refractivity contribution >= 4 is 22.8 Å². The highest BCUT2D eigenvalue weighted by molar-refractivity contribution is 5.91. The Hall–Kier alpha value is -3.01. The smallest absolute Gasteiger partial charge is 0.321 e. The lowest BCUT2D eigenvalue weighted by atomic mass is 10.3. The fourth-order valence-corrected chi connectivity index (χ4v) is 2.40. The van der Waals surface area contributed by atoms with Gasteiger partial charge in [0.2, 0.25) is 0 Å². The van der Waals surface area contributed by atoms with Crippen molar-refractivity contribution in [2.75, 3.05) is 26.1 Å². The third-order valence-corrected chi connectivity index (χ3v) is 3.82. The standard InChI is InChI=1S/C15H20N8O2/c1-21(9-14-19-16-10-23(14)6-7-25-3)15(24)17-11-4-5-13-12(8-11)18-20-22(13)2/h4-5,8,10H,6-7,9H2,1-3H3,(H,17,24). The van der Waals surface area contributed by atoms with Gasteiger partial charge in [-0.2, -0.15) is 0 Å². The van der Waals surface area contributed by atoms with E-state index in [1.807, 2.05) is 23.7 Å². The molecule has 1 N–H and O–H groups in total. The van der Waals surface area contributed by atoms with Crippen molar-refractivity contribution in [1.29, 1.82) is 0 Å². The molecule has 0 saturated heterocycles. The number of hydrogen-bond acceptors (Lipinski definition) is 6. The van der Waals surface area contributed by atoms with Gasteiger partial charge in [0, 0.05) is 33.4 Å². The van der Waals surface area contributed by atoms with E-state index in [1.54, 1.807) is 31.2 Å². The van der Waals surface area contributed by atoms with E-state index in [0.29, 0.717) is 31.2 Å². The van der Waals surface area contributed by atoms with Crippen molar-refractivity contribution in [2.24, 2.45) is 7.05 Å². The number of aromatic nitrogens is 6. The van der Waals surface area contributed by atoms with E-state index in [9.17, 15) is 4.79 Å². The van der Waals surface area contributed by atoms with Crippen molar-refractivity contribution < 1.29 is 9.53 Å². The quantitative estimate of drug-likeness (QED) is 0.712. The van der Waals surface area contributed by atoms with Crippen LogP contribution < -0.4 is 5.32 Å². The van der Waals surface area contributed by atoms with E-state index in [4.69, 9.17) is 4.74 Å². The van der Waals surface area contributed by atoms with Crippen LogP contribution >= 0.6 is 0 Å². The molecule has 0 radical (unpaired) electrons. The number of ether oxygens (including phenoxy) is 1. The maximum absolute atomic E-state index is 12.4. The fraction of sp³-hybridized carbons (Fsp3) is 0.400. The molecule has 10 nitrogen and oxygen atoms in total. The average Bonchev–Trinajstić information content (AvgIpc) is 3.19. The maximum atomic E-state index is 12.4. The van der Waals surface area contributed by atoms with E-state index in [0.717, 1.165) is 11.0 Å². The molecule has 3 rings (SSSR count).